The predicted molar refractivity (Wildman–Crippen MR) is 76.3 cm³/mol. The van der Waals surface area contributed by atoms with Crippen LogP contribution in [0.4, 0.5) is 5.69 Å². The number of hydrogen-bond donors (Lipinski definition) is 3. The van der Waals surface area contributed by atoms with Crippen LogP contribution in [-0.2, 0) is 0 Å². The molecule has 1 aromatic carbocycles. The molecule has 1 aromatic rings. The van der Waals surface area contributed by atoms with Crippen molar-refractivity contribution < 1.29 is 9.90 Å². The Balaban J connectivity index is 1.77. The highest BCUT2D eigenvalue weighted by Gasteiger charge is 2.16. The zero-order chi connectivity index (χ0) is 13.5. The summed E-state index contributed by atoms with van der Waals surface area (Å²) in [5.41, 5.74) is 1.73. The maximum atomic E-state index is 11.7. The zero-order valence-corrected chi connectivity index (χ0v) is 11.2. The first-order valence-corrected chi connectivity index (χ1v) is 7.02. The van der Waals surface area contributed by atoms with Gasteiger partial charge in [-0.2, -0.15) is 0 Å². The lowest BCUT2D eigenvalue weighted by molar-refractivity contribution is 0.0951. The molecule has 4 heteroatoms. The second kappa shape index (κ2) is 7.14. The summed E-state index contributed by atoms with van der Waals surface area (Å²) in [6.45, 7) is 1.64. The minimum absolute atomic E-state index is 0.0843. The average Bonchev–Trinajstić information content (AvgIpc) is 2.38. The maximum Gasteiger partial charge on any atom is 0.251 e. The third-order valence-electron chi connectivity index (χ3n) is 3.59. The van der Waals surface area contributed by atoms with Crippen molar-refractivity contribution in [3.63, 3.8) is 0 Å². The smallest absolute Gasteiger partial charge is 0.251 e. The highest BCUT2D eigenvalue weighted by atomic mass is 16.3. The average molecular weight is 262 g/mol. The molecule has 1 fully saturated rings. The number of aliphatic hydroxyl groups is 1. The largest absolute Gasteiger partial charge is 0.396 e. The molecule has 0 aliphatic heterocycles. The number of aliphatic hydroxyl groups excluding tert-OH is 1. The van der Waals surface area contributed by atoms with E-state index in [0.717, 1.165) is 18.2 Å². The van der Waals surface area contributed by atoms with Gasteiger partial charge >= 0.3 is 0 Å². The molecule has 0 spiro atoms. The normalized spacial score (nSPS) is 14.8. The molecule has 104 valence electrons. The van der Waals surface area contributed by atoms with Crippen LogP contribution in [0, 0.1) is 5.92 Å². The molecule has 3 N–H and O–H groups in total. The second-order valence-corrected chi connectivity index (χ2v) is 5.09. The van der Waals surface area contributed by atoms with E-state index < -0.39 is 0 Å². The molecule has 1 saturated carbocycles. The Hall–Kier alpha value is -1.55. The van der Waals surface area contributed by atoms with E-state index in [1.807, 2.05) is 24.3 Å². The van der Waals surface area contributed by atoms with E-state index in [9.17, 15) is 4.79 Å². The van der Waals surface area contributed by atoms with Gasteiger partial charge in [-0.15, -0.1) is 0 Å². The van der Waals surface area contributed by atoms with E-state index in [0.29, 0.717) is 18.5 Å². The van der Waals surface area contributed by atoms with E-state index in [1.165, 1.54) is 19.3 Å². The monoisotopic (exact) mass is 262 g/mol. The van der Waals surface area contributed by atoms with Gasteiger partial charge in [0.05, 0.1) is 0 Å². The first-order chi connectivity index (χ1) is 9.29. The van der Waals surface area contributed by atoms with Crippen LogP contribution in [0.15, 0.2) is 24.3 Å². The molecule has 0 saturated heterocycles. The van der Waals surface area contributed by atoms with Crippen molar-refractivity contribution >= 4 is 11.6 Å². The number of rotatable bonds is 7. The fourth-order valence-electron chi connectivity index (χ4n) is 2.08. The lowest BCUT2D eigenvalue weighted by Gasteiger charge is -2.25. The second-order valence-electron chi connectivity index (χ2n) is 5.09. The van der Waals surface area contributed by atoms with Crippen LogP contribution in [0.1, 0.15) is 36.0 Å². The highest BCUT2D eigenvalue weighted by molar-refractivity contribution is 5.94. The van der Waals surface area contributed by atoms with Crippen molar-refractivity contribution in [1.29, 1.82) is 0 Å². The lowest BCUT2D eigenvalue weighted by Crippen LogP contribution is -2.25. The highest BCUT2D eigenvalue weighted by Crippen LogP contribution is 2.26. The van der Waals surface area contributed by atoms with Crippen molar-refractivity contribution in [1.82, 2.24) is 5.32 Å². The topological polar surface area (TPSA) is 61.4 Å². The molecular weight excluding hydrogens is 240 g/mol. The van der Waals surface area contributed by atoms with Crippen LogP contribution < -0.4 is 10.6 Å². The van der Waals surface area contributed by atoms with Gasteiger partial charge in [0, 0.05) is 30.9 Å². The molecule has 0 heterocycles. The van der Waals surface area contributed by atoms with Crippen molar-refractivity contribution in [3.8, 4) is 0 Å². The van der Waals surface area contributed by atoms with E-state index in [2.05, 4.69) is 10.6 Å². The Bertz CT molecular complexity index is 399. The summed E-state index contributed by atoms with van der Waals surface area (Å²) >= 11 is 0. The molecule has 0 atom stereocenters. The van der Waals surface area contributed by atoms with Crippen LogP contribution in [0.3, 0.4) is 0 Å². The number of nitrogens with one attached hydrogen (secondary N) is 2. The Morgan fingerprint density at radius 1 is 1.26 bits per heavy atom. The third-order valence-corrected chi connectivity index (χ3v) is 3.59. The van der Waals surface area contributed by atoms with Gasteiger partial charge in [-0.3, -0.25) is 4.79 Å². The zero-order valence-electron chi connectivity index (χ0n) is 11.2. The quantitative estimate of drug-likeness (QED) is 0.659. The third kappa shape index (κ3) is 4.24. The molecule has 1 amide bonds. The van der Waals surface area contributed by atoms with Gasteiger partial charge < -0.3 is 15.7 Å². The first kappa shape index (κ1) is 13.9. The summed E-state index contributed by atoms with van der Waals surface area (Å²) in [6, 6.07) is 7.55. The van der Waals surface area contributed by atoms with Crippen LogP contribution in [0.25, 0.3) is 0 Å². The number of carbonyl (C=O) groups is 1. The molecule has 0 unspecified atom stereocenters. The molecule has 0 bridgehead atoms. The number of amides is 1. The van der Waals surface area contributed by atoms with Gasteiger partial charge in [0.25, 0.3) is 5.91 Å². The summed E-state index contributed by atoms with van der Waals surface area (Å²) < 4.78 is 0. The van der Waals surface area contributed by atoms with E-state index >= 15 is 0 Å². The standard InChI is InChI=1S/C15H22N2O2/c18-10-2-9-16-15(19)13-5-7-14(8-6-13)17-11-12-3-1-4-12/h5-8,12,17-18H,1-4,9-11H2,(H,16,19). The Labute approximate surface area is 114 Å². The minimum Gasteiger partial charge on any atom is -0.396 e. The molecule has 1 aliphatic carbocycles. The molecule has 1 aliphatic rings. The first-order valence-electron chi connectivity index (χ1n) is 7.02. The summed E-state index contributed by atoms with van der Waals surface area (Å²) in [7, 11) is 0. The van der Waals surface area contributed by atoms with Crippen molar-refractivity contribution in [3.05, 3.63) is 29.8 Å². The fourth-order valence-corrected chi connectivity index (χ4v) is 2.08. The molecule has 19 heavy (non-hydrogen) atoms. The summed E-state index contributed by atoms with van der Waals surface area (Å²) in [5, 5.41) is 14.8. The van der Waals surface area contributed by atoms with Crippen LogP contribution in [0.5, 0.6) is 0 Å². The van der Waals surface area contributed by atoms with Crippen LogP contribution in [-0.4, -0.2) is 30.7 Å². The number of anilines is 1. The maximum absolute atomic E-state index is 11.7. The molecule has 4 nitrogen and oxygen atoms in total. The SMILES string of the molecule is O=C(NCCCO)c1ccc(NCC2CCC2)cc1. The Kier molecular flexibility index (Phi) is 5.21. The summed E-state index contributed by atoms with van der Waals surface area (Å²) in [5.74, 6) is 0.737. The molecule has 0 radical (unpaired) electrons. The number of carbonyl (C=O) groups excluding carboxylic acids is 1. The molecule has 2 rings (SSSR count). The summed E-state index contributed by atoms with van der Waals surface area (Å²) in [4.78, 5) is 11.7. The van der Waals surface area contributed by atoms with Gasteiger partial charge in [0.1, 0.15) is 0 Å². The molecular formula is C15H22N2O2. The Morgan fingerprint density at radius 3 is 2.58 bits per heavy atom. The Morgan fingerprint density at radius 2 is 2.00 bits per heavy atom. The number of hydrogen-bond acceptors (Lipinski definition) is 3. The van der Waals surface area contributed by atoms with Crippen molar-refractivity contribution in [2.24, 2.45) is 5.92 Å². The van der Waals surface area contributed by atoms with Gasteiger partial charge in [0.15, 0.2) is 0 Å². The lowest BCUT2D eigenvalue weighted by atomic mass is 9.85. The van der Waals surface area contributed by atoms with Gasteiger partial charge in [-0.1, -0.05) is 6.42 Å². The van der Waals surface area contributed by atoms with Gasteiger partial charge in [-0.05, 0) is 49.4 Å². The van der Waals surface area contributed by atoms with E-state index in [-0.39, 0.29) is 12.5 Å². The van der Waals surface area contributed by atoms with Crippen molar-refractivity contribution in [2.75, 3.05) is 25.0 Å². The van der Waals surface area contributed by atoms with Crippen LogP contribution >= 0.6 is 0 Å². The van der Waals surface area contributed by atoms with E-state index in [4.69, 9.17) is 5.11 Å². The van der Waals surface area contributed by atoms with Gasteiger partial charge in [0.2, 0.25) is 0 Å². The predicted octanol–water partition coefficient (Wildman–Crippen LogP) is 2.01. The minimum atomic E-state index is -0.0843. The van der Waals surface area contributed by atoms with Crippen molar-refractivity contribution in [2.45, 2.75) is 25.7 Å². The molecule has 0 aromatic heterocycles. The fraction of sp³-hybridized carbons (Fsp3) is 0.533. The number of benzene rings is 1. The van der Waals surface area contributed by atoms with Crippen LogP contribution in [0.2, 0.25) is 0 Å². The van der Waals surface area contributed by atoms with E-state index in [1.54, 1.807) is 0 Å². The summed E-state index contributed by atoms with van der Waals surface area (Å²) in [6.07, 6.45) is 4.61. The van der Waals surface area contributed by atoms with Gasteiger partial charge in [-0.25, -0.2) is 0 Å².